The molecule has 0 bridgehead atoms. The van der Waals surface area contributed by atoms with Gasteiger partial charge in [0.2, 0.25) is 15.9 Å². The summed E-state index contributed by atoms with van der Waals surface area (Å²) in [4.78, 5) is 20.9. The molecule has 1 aliphatic heterocycles. The molecule has 1 N–H and O–H groups in total. The van der Waals surface area contributed by atoms with Crippen molar-refractivity contribution >= 4 is 38.5 Å². The largest absolute Gasteiger partial charge is 0.363 e. The van der Waals surface area contributed by atoms with Crippen LogP contribution in [0.3, 0.4) is 0 Å². The topological polar surface area (TPSA) is 113 Å². The fourth-order valence-electron chi connectivity index (χ4n) is 4.56. The molecule has 2 fully saturated rings. The number of pyridine rings is 1. The van der Waals surface area contributed by atoms with Crippen LogP contribution in [0.5, 0.6) is 0 Å². The summed E-state index contributed by atoms with van der Waals surface area (Å²) in [6, 6.07) is 1.52. The number of alkyl halides is 2. The van der Waals surface area contributed by atoms with Crippen molar-refractivity contribution in [1.82, 2.24) is 29.2 Å². The van der Waals surface area contributed by atoms with Gasteiger partial charge in [-0.3, -0.25) is 9.20 Å². The second-order valence-electron chi connectivity index (χ2n) is 10.3. The highest BCUT2D eigenvalue weighted by molar-refractivity contribution is 7.89. The normalized spacial score (nSPS) is 19.8. The minimum atomic E-state index is -3.89. The molecule has 0 unspecified atom stereocenters. The number of aromatic nitrogens is 4. The molecule has 3 aromatic heterocycles. The molecule has 3 aromatic rings. The number of piperazine rings is 1. The van der Waals surface area contributed by atoms with Crippen LogP contribution < -0.4 is 9.62 Å². The van der Waals surface area contributed by atoms with Gasteiger partial charge in [-0.2, -0.15) is 0 Å². The Hall–Kier alpha value is -2.71. The number of rotatable bonds is 7. The van der Waals surface area contributed by atoms with E-state index in [0.717, 1.165) is 12.8 Å². The van der Waals surface area contributed by atoms with Crippen molar-refractivity contribution < 1.29 is 22.0 Å². The summed E-state index contributed by atoms with van der Waals surface area (Å²) in [5.74, 6) is 0.195. The van der Waals surface area contributed by atoms with E-state index in [1.807, 2.05) is 32.6 Å². The van der Waals surface area contributed by atoms with Gasteiger partial charge in [0.15, 0.2) is 15.8 Å². The maximum Gasteiger partial charge on any atom is 0.291 e. The van der Waals surface area contributed by atoms with Gasteiger partial charge in [0.25, 0.3) is 6.43 Å². The van der Waals surface area contributed by atoms with E-state index >= 15 is 0 Å². The van der Waals surface area contributed by atoms with E-state index in [4.69, 9.17) is 0 Å². The monoisotopic (exact) mass is 553 g/mol. The number of fused-ring (bicyclic) bond motifs is 1. The highest BCUT2D eigenvalue weighted by Crippen LogP contribution is 2.38. The SMILES string of the molecule is CC(C)C(=O)N1CCN(c2cc(S(=O)(=O)NC3(C)CC3)cn3c(-c4nnc(C(F)F)s4)ncc23)[C@H](C)C1. The van der Waals surface area contributed by atoms with Crippen LogP contribution in [0.4, 0.5) is 14.5 Å². The number of anilines is 1. The number of imidazole rings is 1. The molecule has 14 heteroatoms. The number of carbonyl (C=O) groups excluding carboxylic acids is 1. The van der Waals surface area contributed by atoms with E-state index in [9.17, 15) is 22.0 Å². The maximum atomic E-state index is 13.4. The van der Waals surface area contributed by atoms with Crippen molar-refractivity contribution in [3.8, 4) is 10.8 Å². The molecule has 1 aliphatic carbocycles. The Morgan fingerprint density at radius 3 is 2.57 bits per heavy atom. The van der Waals surface area contributed by atoms with Crippen molar-refractivity contribution in [2.24, 2.45) is 5.92 Å². The Labute approximate surface area is 217 Å². The van der Waals surface area contributed by atoms with Crippen LogP contribution in [0.25, 0.3) is 16.3 Å². The maximum absolute atomic E-state index is 13.4. The fourth-order valence-corrected chi connectivity index (χ4v) is 6.73. The van der Waals surface area contributed by atoms with Gasteiger partial charge in [0.1, 0.15) is 4.90 Å². The third-order valence-corrected chi connectivity index (χ3v) is 9.38. The first kappa shape index (κ1) is 25.9. The van der Waals surface area contributed by atoms with Crippen molar-refractivity contribution in [2.45, 2.75) is 63.4 Å². The van der Waals surface area contributed by atoms with Crippen molar-refractivity contribution in [3.63, 3.8) is 0 Å². The number of hydrogen-bond donors (Lipinski definition) is 1. The third kappa shape index (κ3) is 4.93. The van der Waals surface area contributed by atoms with Crippen molar-refractivity contribution in [2.75, 3.05) is 24.5 Å². The number of amides is 1. The number of nitrogens with one attached hydrogen (secondary N) is 1. The molecule has 10 nitrogen and oxygen atoms in total. The Balaban J connectivity index is 1.60. The average Bonchev–Trinajstić information content (AvgIpc) is 3.22. The summed E-state index contributed by atoms with van der Waals surface area (Å²) in [7, 11) is -3.89. The zero-order valence-corrected chi connectivity index (χ0v) is 22.6. The molecule has 2 aliphatic rings. The van der Waals surface area contributed by atoms with Gasteiger partial charge in [-0.25, -0.2) is 26.9 Å². The quantitative estimate of drug-likeness (QED) is 0.478. The predicted octanol–water partition coefficient (Wildman–Crippen LogP) is 3.31. The van der Waals surface area contributed by atoms with Crippen molar-refractivity contribution in [1.29, 1.82) is 0 Å². The molecule has 1 atom stereocenters. The molecule has 1 saturated carbocycles. The van der Waals surface area contributed by atoms with Gasteiger partial charge in [-0.05, 0) is 32.8 Å². The highest BCUT2D eigenvalue weighted by atomic mass is 32.2. The molecule has 0 spiro atoms. The molecule has 1 amide bonds. The number of halogens is 2. The van der Waals surface area contributed by atoms with Crippen LogP contribution in [-0.2, 0) is 14.8 Å². The van der Waals surface area contributed by atoms with E-state index in [-0.39, 0.29) is 33.6 Å². The van der Waals surface area contributed by atoms with E-state index in [0.29, 0.717) is 42.2 Å². The first-order chi connectivity index (χ1) is 17.4. The van der Waals surface area contributed by atoms with Gasteiger partial charge < -0.3 is 9.80 Å². The predicted molar refractivity (Wildman–Crippen MR) is 135 cm³/mol. The second-order valence-corrected chi connectivity index (χ2v) is 13.0. The number of sulfonamides is 1. The van der Waals surface area contributed by atoms with Crippen molar-refractivity contribution in [3.05, 3.63) is 23.5 Å². The molecule has 4 heterocycles. The first-order valence-corrected chi connectivity index (χ1v) is 14.4. The average molecular weight is 554 g/mol. The molecule has 37 heavy (non-hydrogen) atoms. The molecule has 0 radical (unpaired) electrons. The number of hydrogen-bond acceptors (Lipinski definition) is 8. The van der Waals surface area contributed by atoms with Crippen LogP contribution in [0, 0.1) is 5.92 Å². The minimum Gasteiger partial charge on any atom is -0.363 e. The Morgan fingerprint density at radius 2 is 1.97 bits per heavy atom. The van der Waals surface area contributed by atoms with Gasteiger partial charge in [0, 0.05) is 43.3 Å². The van der Waals surface area contributed by atoms with Gasteiger partial charge in [-0.1, -0.05) is 25.2 Å². The lowest BCUT2D eigenvalue weighted by atomic mass is 10.1. The zero-order chi connectivity index (χ0) is 26.7. The van der Waals surface area contributed by atoms with E-state index in [1.54, 1.807) is 16.7 Å². The van der Waals surface area contributed by atoms with E-state index in [2.05, 4.69) is 24.8 Å². The summed E-state index contributed by atoms with van der Waals surface area (Å²) in [5.41, 5.74) is 0.758. The summed E-state index contributed by atoms with van der Waals surface area (Å²) in [6.45, 7) is 9.06. The zero-order valence-electron chi connectivity index (χ0n) is 21.0. The van der Waals surface area contributed by atoms with Gasteiger partial charge in [-0.15, -0.1) is 10.2 Å². The number of carbonyl (C=O) groups is 1. The molecule has 5 rings (SSSR count). The first-order valence-electron chi connectivity index (χ1n) is 12.1. The Kier molecular flexibility index (Phi) is 6.47. The Bertz CT molecular complexity index is 1450. The number of nitrogens with zero attached hydrogens (tertiary/aromatic N) is 6. The lowest BCUT2D eigenvalue weighted by Gasteiger charge is -2.42. The lowest BCUT2D eigenvalue weighted by Crippen LogP contribution is -2.54. The highest BCUT2D eigenvalue weighted by Gasteiger charge is 2.42. The molecule has 0 aromatic carbocycles. The van der Waals surface area contributed by atoms with Crippen LogP contribution >= 0.6 is 11.3 Å². The van der Waals surface area contributed by atoms with E-state index in [1.165, 1.54) is 6.20 Å². The minimum absolute atomic E-state index is 0.0360. The molecular formula is C23H29F2N7O3S2. The fraction of sp³-hybridized carbons (Fsp3) is 0.565. The van der Waals surface area contributed by atoms with E-state index < -0.39 is 27.0 Å². The second kappa shape index (κ2) is 9.24. The molecular weight excluding hydrogens is 524 g/mol. The van der Waals surface area contributed by atoms with Gasteiger partial charge >= 0.3 is 0 Å². The van der Waals surface area contributed by atoms with Crippen LogP contribution in [0.15, 0.2) is 23.4 Å². The van der Waals surface area contributed by atoms with Crippen LogP contribution in [0.1, 0.15) is 52.0 Å². The smallest absolute Gasteiger partial charge is 0.291 e. The van der Waals surface area contributed by atoms with Crippen LogP contribution in [0.2, 0.25) is 0 Å². The Morgan fingerprint density at radius 1 is 1.24 bits per heavy atom. The van der Waals surface area contributed by atoms with Gasteiger partial charge in [0.05, 0.1) is 17.4 Å². The van der Waals surface area contributed by atoms with Crippen LogP contribution in [-0.4, -0.2) is 70.0 Å². The molecule has 200 valence electrons. The summed E-state index contributed by atoms with van der Waals surface area (Å²) in [6.07, 6.45) is 1.77. The molecule has 1 saturated heterocycles. The lowest BCUT2D eigenvalue weighted by molar-refractivity contribution is -0.135. The standard InChI is InChI=1S/C23H29F2N7O3S2/c1-13(2)22(33)30-7-8-31(14(3)11-30)16-9-15(37(34,35)29-23(4)5-6-23)12-32-17(16)10-26-19(32)21-28-27-20(36-21)18(24)25/h9-10,12-14,18,29H,5-8,11H2,1-4H3/t14-/m1/s1. The summed E-state index contributed by atoms with van der Waals surface area (Å²) < 4.78 is 57.5. The summed E-state index contributed by atoms with van der Waals surface area (Å²) in [5, 5.41) is 7.17. The third-order valence-electron chi connectivity index (χ3n) is 6.85. The summed E-state index contributed by atoms with van der Waals surface area (Å²) >= 11 is 0.717.